The molecule has 0 aliphatic heterocycles. The van der Waals surface area contributed by atoms with Crippen molar-refractivity contribution in [3.8, 4) is 0 Å². The van der Waals surface area contributed by atoms with Gasteiger partial charge in [-0.15, -0.1) is 15.3 Å². The Labute approximate surface area is 550 Å². The van der Waals surface area contributed by atoms with Gasteiger partial charge in [0.1, 0.15) is 47.7 Å². The lowest BCUT2D eigenvalue weighted by molar-refractivity contribution is -0.168. The molecular formula is C61H74Br4N10O14. The molecule has 3 aromatic heterocycles. The third kappa shape index (κ3) is 22.0. The summed E-state index contributed by atoms with van der Waals surface area (Å²) in [6, 6.07) is 27.3. The second kappa shape index (κ2) is 34.4. The molecule has 0 saturated carbocycles. The number of hydrogen-bond acceptors (Lipinski definition) is 21. The number of esters is 7. The quantitative estimate of drug-likeness (QED) is 0.0202. The van der Waals surface area contributed by atoms with Gasteiger partial charge in [-0.05, 0) is 84.4 Å². The standard InChI is InChI=1S/C61H74Br4N10O14/c1-8-83-56(80)59(2,3)24-49(41-18-12-9-13-19-41)73-34-44(66-69-73)31-72(32-45-35-74(70-67-45)50(42-20-14-10-15-21-42)25-60(4,5)57(81)86-39-47(88-54(78)29-64)37-84-52(76)27-62)33-46-36-75(71-68-46)51(43-22-16-11-17-23-43)26-61(6,7)58(82)87-40-48(89-55(79)30-65)38-85-53(77)28-63/h9-23,34-36,47-51H,8,24-33,37-40H2,1-7H3. The second-order valence-electron chi connectivity index (χ2n) is 22.8. The minimum Gasteiger partial charge on any atom is -0.466 e. The lowest BCUT2D eigenvalue weighted by Crippen LogP contribution is -2.36. The molecule has 480 valence electrons. The van der Waals surface area contributed by atoms with E-state index in [0.717, 1.165) is 16.7 Å². The number of benzene rings is 3. The average Bonchev–Trinajstić information content (AvgIpc) is 3.95. The van der Waals surface area contributed by atoms with Crippen LogP contribution >= 0.6 is 63.7 Å². The minimum atomic E-state index is -1.15. The Hall–Kier alpha value is -6.75. The highest BCUT2D eigenvalue weighted by Gasteiger charge is 2.38. The van der Waals surface area contributed by atoms with Crippen LogP contribution in [0.2, 0.25) is 0 Å². The largest absolute Gasteiger partial charge is 0.466 e. The molecule has 6 rings (SSSR count). The Morgan fingerprint density at radius 2 is 0.708 bits per heavy atom. The zero-order valence-corrected chi connectivity index (χ0v) is 56.9. The summed E-state index contributed by atoms with van der Waals surface area (Å²) >= 11 is 12.2. The number of rotatable bonds is 36. The SMILES string of the molecule is CCOC(=O)C(C)(C)CC(c1ccccc1)n1cc(CN(Cc2cn(C(CC(C)(C)C(=O)OCC(COC(=O)CBr)OC(=O)CBr)c3ccccc3)nn2)Cc2cn(C(CC(C)(C)C(=O)OCC(COC(=O)CBr)OC(=O)CBr)c3ccccc3)nn2)nn1. The van der Waals surface area contributed by atoms with E-state index in [4.69, 9.17) is 33.2 Å². The fourth-order valence-corrected chi connectivity index (χ4v) is 10.0. The maximum atomic E-state index is 14.0. The summed E-state index contributed by atoms with van der Waals surface area (Å²) in [6.45, 7) is 11.9. The normalized spacial score (nSPS) is 13.5. The van der Waals surface area contributed by atoms with Crippen molar-refractivity contribution in [3.05, 3.63) is 143 Å². The summed E-state index contributed by atoms with van der Waals surface area (Å²) in [6.07, 6.45) is 4.10. The van der Waals surface area contributed by atoms with Crippen molar-refractivity contribution in [2.75, 3.05) is 54.4 Å². The first-order valence-electron chi connectivity index (χ1n) is 28.5. The predicted octanol–water partition coefficient (Wildman–Crippen LogP) is 8.82. The molecule has 5 atom stereocenters. The van der Waals surface area contributed by atoms with Crippen LogP contribution in [0.15, 0.2) is 110 Å². The molecule has 3 heterocycles. The number of hydrogen-bond donors (Lipinski definition) is 0. The Kier molecular flexibility index (Phi) is 27.6. The number of alkyl halides is 4. The Bertz CT molecular complexity index is 3100. The highest BCUT2D eigenvalue weighted by Crippen LogP contribution is 2.37. The van der Waals surface area contributed by atoms with E-state index in [1.165, 1.54) is 0 Å². The van der Waals surface area contributed by atoms with E-state index < -0.39 is 82.4 Å². The average molecular weight is 1490 g/mol. The molecule has 0 fully saturated rings. The van der Waals surface area contributed by atoms with Crippen molar-refractivity contribution in [3.63, 3.8) is 0 Å². The topological polar surface area (TPSA) is 279 Å². The predicted molar refractivity (Wildman–Crippen MR) is 337 cm³/mol. The van der Waals surface area contributed by atoms with Crippen molar-refractivity contribution in [2.24, 2.45) is 16.2 Å². The molecule has 0 bridgehead atoms. The van der Waals surface area contributed by atoms with Crippen molar-refractivity contribution in [1.82, 2.24) is 49.9 Å². The molecule has 3 aromatic carbocycles. The monoisotopic (exact) mass is 1490 g/mol. The number of carbonyl (C=O) groups excluding carboxylic acids is 7. The number of carbonyl (C=O) groups is 7. The molecule has 0 amide bonds. The molecule has 0 spiro atoms. The van der Waals surface area contributed by atoms with E-state index in [9.17, 15) is 33.6 Å². The fraction of sp³-hybridized carbons (Fsp3) is 0.492. The molecule has 6 aromatic rings. The zero-order chi connectivity index (χ0) is 64.7. The molecule has 0 N–H and O–H groups in total. The first kappa shape index (κ1) is 71.3. The van der Waals surface area contributed by atoms with Crippen LogP contribution in [0.25, 0.3) is 0 Å². The number of halogens is 4. The zero-order valence-electron chi connectivity index (χ0n) is 50.6. The molecule has 0 aliphatic rings. The van der Waals surface area contributed by atoms with Crippen molar-refractivity contribution >= 4 is 106 Å². The third-order valence-electron chi connectivity index (χ3n) is 14.1. The van der Waals surface area contributed by atoms with E-state index in [0.29, 0.717) is 23.5 Å². The number of nitrogens with zero attached hydrogens (tertiary/aromatic N) is 10. The molecule has 24 nitrogen and oxygen atoms in total. The van der Waals surface area contributed by atoms with Gasteiger partial charge >= 0.3 is 41.8 Å². The second-order valence-corrected chi connectivity index (χ2v) is 25.0. The summed E-state index contributed by atoms with van der Waals surface area (Å²) in [5.74, 6) is -3.95. The summed E-state index contributed by atoms with van der Waals surface area (Å²) in [5.41, 5.74) is 1.07. The van der Waals surface area contributed by atoms with Gasteiger partial charge in [0.25, 0.3) is 0 Å². The van der Waals surface area contributed by atoms with Gasteiger partial charge in [0.2, 0.25) is 0 Å². The van der Waals surface area contributed by atoms with Gasteiger partial charge in [-0.1, -0.05) is 170 Å². The van der Waals surface area contributed by atoms with Crippen LogP contribution in [-0.2, 0) is 86.4 Å². The molecule has 0 aliphatic carbocycles. The molecule has 89 heavy (non-hydrogen) atoms. The van der Waals surface area contributed by atoms with E-state index >= 15 is 0 Å². The maximum Gasteiger partial charge on any atom is 0.317 e. The van der Waals surface area contributed by atoms with E-state index in [1.807, 2.05) is 123 Å². The van der Waals surface area contributed by atoms with Crippen LogP contribution in [0.4, 0.5) is 0 Å². The Morgan fingerprint density at radius 1 is 0.427 bits per heavy atom. The number of aromatic nitrogens is 9. The third-order valence-corrected chi connectivity index (χ3v) is 15.9. The van der Waals surface area contributed by atoms with Gasteiger partial charge in [0.05, 0.1) is 76.6 Å². The minimum absolute atomic E-state index is 0.0763. The molecule has 0 saturated heterocycles. The van der Waals surface area contributed by atoms with Gasteiger partial charge in [-0.3, -0.25) is 38.5 Å². The van der Waals surface area contributed by atoms with E-state index in [1.54, 1.807) is 48.7 Å². The van der Waals surface area contributed by atoms with Crippen LogP contribution in [0.1, 0.15) is 120 Å². The first-order valence-corrected chi connectivity index (χ1v) is 33.0. The van der Waals surface area contributed by atoms with Crippen LogP contribution in [0.3, 0.4) is 0 Å². The van der Waals surface area contributed by atoms with Gasteiger partial charge in [0.15, 0.2) is 12.2 Å². The Morgan fingerprint density at radius 3 is 0.989 bits per heavy atom. The van der Waals surface area contributed by atoms with Crippen LogP contribution in [0.5, 0.6) is 0 Å². The molecule has 5 unspecified atom stereocenters. The molecule has 28 heteroatoms. The lowest BCUT2D eigenvalue weighted by Gasteiger charge is -2.29. The van der Waals surface area contributed by atoms with Crippen molar-refractivity contribution in [1.29, 1.82) is 0 Å². The van der Waals surface area contributed by atoms with Gasteiger partial charge in [0, 0.05) is 19.6 Å². The van der Waals surface area contributed by atoms with Crippen LogP contribution in [0, 0.1) is 16.2 Å². The van der Waals surface area contributed by atoms with Crippen LogP contribution in [-0.4, -0.2) is 158 Å². The summed E-state index contributed by atoms with van der Waals surface area (Å²) < 4.78 is 43.3. The van der Waals surface area contributed by atoms with E-state index in [2.05, 4.69) is 99.6 Å². The smallest absolute Gasteiger partial charge is 0.317 e. The van der Waals surface area contributed by atoms with Gasteiger partial charge in [-0.2, -0.15) is 0 Å². The van der Waals surface area contributed by atoms with Crippen molar-refractivity contribution < 1.29 is 66.7 Å². The fourth-order valence-electron chi connectivity index (χ4n) is 9.46. The Balaban J connectivity index is 1.31. The van der Waals surface area contributed by atoms with Crippen LogP contribution < -0.4 is 0 Å². The highest BCUT2D eigenvalue weighted by atomic mass is 79.9. The number of ether oxygens (including phenoxy) is 7. The summed E-state index contributed by atoms with van der Waals surface area (Å²) in [7, 11) is 0. The van der Waals surface area contributed by atoms with Gasteiger partial charge in [-0.25, -0.2) is 14.0 Å². The summed E-state index contributed by atoms with van der Waals surface area (Å²) in [4.78, 5) is 91.6. The lowest BCUT2D eigenvalue weighted by atomic mass is 9.83. The molecular weight excluding hydrogens is 1420 g/mol. The van der Waals surface area contributed by atoms with Crippen molar-refractivity contribution in [2.45, 2.75) is 118 Å². The van der Waals surface area contributed by atoms with Gasteiger partial charge < -0.3 is 33.2 Å². The first-order chi connectivity index (χ1) is 42.5. The molecule has 0 radical (unpaired) electrons. The van der Waals surface area contributed by atoms with E-state index in [-0.39, 0.29) is 92.8 Å². The highest BCUT2D eigenvalue weighted by molar-refractivity contribution is 9.10. The maximum absolute atomic E-state index is 14.0. The summed E-state index contributed by atoms with van der Waals surface area (Å²) in [5, 5.41) is 27.6.